The highest BCUT2D eigenvalue weighted by molar-refractivity contribution is 6.73. The molecule has 0 saturated carbocycles. The fourth-order valence-corrected chi connectivity index (χ4v) is 3.90. The summed E-state index contributed by atoms with van der Waals surface area (Å²) in [6.07, 6.45) is 0. The first-order valence-corrected chi connectivity index (χ1v) is 6.99. The van der Waals surface area contributed by atoms with E-state index in [1.165, 1.54) is 0 Å². The van der Waals surface area contributed by atoms with Crippen molar-refractivity contribution in [2.45, 2.75) is 13.5 Å². The van der Waals surface area contributed by atoms with Gasteiger partial charge in [0.15, 0.2) is 11.5 Å². The van der Waals surface area contributed by atoms with Crippen molar-refractivity contribution in [3.05, 3.63) is 23.8 Å². The highest BCUT2D eigenvalue weighted by Crippen LogP contribution is 2.54. The van der Waals surface area contributed by atoms with Crippen LogP contribution in [0.15, 0.2) is 18.2 Å². The summed E-state index contributed by atoms with van der Waals surface area (Å²) < 4.78 is 6.89. The molecule has 0 radical (unpaired) electrons. The van der Waals surface area contributed by atoms with Crippen LogP contribution in [0.5, 0.6) is 11.5 Å². The van der Waals surface area contributed by atoms with Crippen molar-refractivity contribution >= 4 is 69.6 Å². The Bertz CT molecular complexity index is 437. The van der Waals surface area contributed by atoms with E-state index in [4.69, 9.17) is 79.1 Å². The molecule has 0 unspecified atom stereocenters. The van der Waals surface area contributed by atoms with Gasteiger partial charge in [0, 0.05) is 0 Å². The normalized spacial score (nSPS) is 15.3. The van der Waals surface area contributed by atoms with Crippen molar-refractivity contribution in [3.8, 4) is 11.5 Å². The van der Waals surface area contributed by atoms with Crippen molar-refractivity contribution < 1.29 is 9.47 Å². The summed E-state index contributed by atoms with van der Waals surface area (Å²) in [6.45, 7) is 0.144. The predicted molar refractivity (Wildman–Crippen MR) is 75.9 cm³/mol. The van der Waals surface area contributed by atoms with Crippen LogP contribution in [0.2, 0.25) is 0 Å². The maximum Gasteiger partial charge on any atom is 0.231 e. The van der Waals surface area contributed by atoms with Gasteiger partial charge in [-0.15, -0.1) is 0 Å². The summed E-state index contributed by atoms with van der Waals surface area (Å²) in [5, 5.41) is 0. The van der Waals surface area contributed by atoms with Crippen LogP contribution in [0.3, 0.4) is 0 Å². The van der Waals surface area contributed by atoms with Crippen LogP contribution in [0, 0.1) is 0 Å². The third kappa shape index (κ3) is 3.17. The number of hydrogen-bond acceptors (Lipinski definition) is 2. The number of hydrogen-bond donors (Lipinski definition) is 0. The van der Waals surface area contributed by atoms with E-state index in [1.54, 1.807) is 18.2 Å². The molecule has 0 fully saturated rings. The second-order valence-electron chi connectivity index (χ2n) is 3.63. The average molecular weight is 371 g/mol. The lowest BCUT2D eigenvalue weighted by molar-refractivity contribution is 0.174. The third-order valence-electron chi connectivity index (χ3n) is 2.38. The molecule has 2 nitrogen and oxygen atoms in total. The van der Waals surface area contributed by atoms with E-state index in [-0.39, 0.29) is 6.79 Å². The molecule has 1 aromatic carbocycles. The summed E-state index contributed by atoms with van der Waals surface area (Å²) in [4.78, 5) is 0. The Hall–Kier alpha value is 0.560. The van der Waals surface area contributed by atoms with Crippen molar-refractivity contribution in [1.29, 1.82) is 0 Å². The second-order valence-corrected chi connectivity index (χ2v) is 8.37. The number of alkyl halides is 6. The largest absolute Gasteiger partial charge is 0.454 e. The van der Waals surface area contributed by atoms with E-state index in [2.05, 4.69) is 0 Å². The molecule has 0 N–H and O–H groups in total. The molecule has 1 aromatic rings. The van der Waals surface area contributed by atoms with Crippen molar-refractivity contribution in [1.82, 2.24) is 0 Å². The Balaban J connectivity index is 2.44. The molecule has 0 saturated heterocycles. The van der Waals surface area contributed by atoms with Gasteiger partial charge < -0.3 is 9.47 Å². The summed E-state index contributed by atoms with van der Waals surface area (Å²) in [6, 6.07) is 4.98. The van der Waals surface area contributed by atoms with Crippen molar-refractivity contribution in [3.63, 3.8) is 0 Å². The van der Waals surface area contributed by atoms with Gasteiger partial charge in [0.2, 0.25) is 14.4 Å². The zero-order chi connectivity index (χ0) is 13.6. The van der Waals surface area contributed by atoms with Crippen LogP contribution in [0.25, 0.3) is 0 Å². The lowest BCUT2D eigenvalue weighted by Crippen LogP contribution is -2.29. The van der Waals surface area contributed by atoms with E-state index in [1.807, 2.05) is 0 Å². The Morgan fingerprint density at radius 1 is 0.889 bits per heavy atom. The first kappa shape index (κ1) is 15.0. The summed E-state index contributed by atoms with van der Waals surface area (Å²) in [5.41, 5.74) is 0.541. The van der Waals surface area contributed by atoms with Gasteiger partial charge >= 0.3 is 0 Å². The van der Waals surface area contributed by atoms with Crippen LogP contribution in [-0.4, -0.2) is 14.4 Å². The minimum atomic E-state index is -1.76. The van der Waals surface area contributed by atoms with Gasteiger partial charge in [0.25, 0.3) is 0 Å². The second kappa shape index (κ2) is 5.16. The van der Waals surface area contributed by atoms with E-state index >= 15 is 0 Å². The SMILES string of the molecule is ClC(Cl)(Cl)C(c1ccc2c(c1)OCO2)C(Cl)(Cl)Cl. The van der Waals surface area contributed by atoms with Crippen LogP contribution in [0.4, 0.5) is 0 Å². The molecule has 0 atom stereocenters. The Morgan fingerprint density at radius 2 is 1.44 bits per heavy atom. The number of fused-ring (bicyclic) bond motifs is 1. The molecule has 0 aliphatic carbocycles. The van der Waals surface area contributed by atoms with E-state index in [0.717, 1.165) is 0 Å². The fraction of sp³-hybridized carbons (Fsp3) is 0.400. The molecular formula is C10H6Cl6O2. The van der Waals surface area contributed by atoms with Crippen molar-refractivity contribution in [2.24, 2.45) is 0 Å². The molecule has 0 aromatic heterocycles. The van der Waals surface area contributed by atoms with Gasteiger partial charge in [-0.25, -0.2) is 0 Å². The minimum absolute atomic E-state index is 0.144. The first-order chi connectivity index (χ1) is 8.19. The molecule has 1 aliphatic rings. The molecular weight excluding hydrogens is 365 g/mol. The molecule has 2 rings (SSSR count). The van der Waals surface area contributed by atoms with Crippen LogP contribution < -0.4 is 9.47 Å². The van der Waals surface area contributed by atoms with Crippen molar-refractivity contribution in [2.75, 3.05) is 6.79 Å². The van der Waals surface area contributed by atoms with E-state index in [9.17, 15) is 0 Å². The van der Waals surface area contributed by atoms with Gasteiger partial charge in [0.05, 0.1) is 5.92 Å². The summed E-state index contributed by atoms with van der Waals surface area (Å²) in [5.74, 6) is 0.196. The van der Waals surface area contributed by atoms with Crippen LogP contribution >= 0.6 is 69.6 Å². The molecule has 0 spiro atoms. The van der Waals surface area contributed by atoms with Crippen LogP contribution in [-0.2, 0) is 0 Å². The average Bonchev–Trinajstić information content (AvgIpc) is 2.59. The molecule has 100 valence electrons. The number of rotatable bonds is 1. The smallest absolute Gasteiger partial charge is 0.231 e. The molecule has 1 aliphatic heterocycles. The monoisotopic (exact) mass is 368 g/mol. The summed E-state index contributed by atoms with van der Waals surface area (Å²) >= 11 is 35.2. The standard InChI is InChI=1S/C10H6Cl6O2/c11-9(12,13)8(10(14,15)16)5-1-2-6-7(3-5)18-4-17-6/h1-3,8H,4H2. The molecule has 0 bridgehead atoms. The van der Waals surface area contributed by atoms with E-state index in [0.29, 0.717) is 17.1 Å². The first-order valence-electron chi connectivity index (χ1n) is 4.72. The lowest BCUT2D eigenvalue weighted by Gasteiger charge is -2.30. The van der Waals surface area contributed by atoms with Crippen LogP contribution in [0.1, 0.15) is 11.5 Å². The fourth-order valence-electron chi connectivity index (χ4n) is 1.66. The quantitative estimate of drug-likeness (QED) is 0.629. The van der Waals surface area contributed by atoms with Gasteiger partial charge in [-0.1, -0.05) is 75.7 Å². The number of halogens is 6. The summed E-state index contributed by atoms with van der Waals surface area (Å²) in [7, 11) is 0. The molecule has 8 heteroatoms. The highest BCUT2D eigenvalue weighted by Gasteiger charge is 2.47. The van der Waals surface area contributed by atoms with Gasteiger partial charge in [0.1, 0.15) is 0 Å². The zero-order valence-electron chi connectivity index (χ0n) is 8.60. The van der Waals surface area contributed by atoms with Gasteiger partial charge in [-0.3, -0.25) is 0 Å². The number of benzene rings is 1. The topological polar surface area (TPSA) is 18.5 Å². The zero-order valence-corrected chi connectivity index (χ0v) is 13.1. The van der Waals surface area contributed by atoms with Gasteiger partial charge in [-0.05, 0) is 17.7 Å². The third-order valence-corrected chi connectivity index (χ3v) is 3.69. The molecule has 18 heavy (non-hydrogen) atoms. The maximum atomic E-state index is 5.87. The maximum absolute atomic E-state index is 5.87. The highest BCUT2D eigenvalue weighted by atomic mass is 35.6. The molecule has 1 heterocycles. The Labute approximate surface area is 134 Å². The predicted octanol–water partition coefficient (Wildman–Crippen LogP) is 5.24. The number of ether oxygens (including phenoxy) is 2. The minimum Gasteiger partial charge on any atom is -0.454 e. The van der Waals surface area contributed by atoms with Gasteiger partial charge in [-0.2, -0.15) is 0 Å². The lowest BCUT2D eigenvalue weighted by atomic mass is 10.0. The Morgan fingerprint density at radius 3 is 2.00 bits per heavy atom. The Kier molecular flexibility index (Phi) is 4.29. The molecule has 0 amide bonds. The van der Waals surface area contributed by atoms with E-state index < -0.39 is 13.5 Å².